The molecule has 106 valence electrons. The molecular formula is C15H19N3O2. The Balaban J connectivity index is 1.71. The number of nitrogens with one attached hydrogen (secondary N) is 2. The van der Waals surface area contributed by atoms with E-state index in [0.717, 1.165) is 43.0 Å². The van der Waals surface area contributed by atoms with Gasteiger partial charge in [-0.05, 0) is 24.8 Å². The second-order valence-corrected chi connectivity index (χ2v) is 5.16. The van der Waals surface area contributed by atoms with E-state index in [9.17, 15) is 4.79 Å². The summed E-state index contributed by atoms with van der Waals surface area (Å²) in [7, 11) is 0. The number of hydrogen-bond acceptors (Lipinski definition) is 4. The topological polar surface area (TPSA) is 70.9 Å². The van der Waals surface area contributed by atoms with Crippen LogP contribution in [0.3, 0.4) is 0 Å². The molecule has 0 amide bonds. The number of aromatic amines is 1. The number of hydrogen-bond donors (Lipinski definition) is 2. The first kappa shape index (κ1) is 13.1. The lowest BCUT2D eigenvalue weighted by Crippen LogP contribution is -2.27. The maximum Gasteiger partial charge on any atom is 0.248 e. The van der Waals surface area contributed by atoms with Crippen molar-refractivity contribution in [1.82, 2.24) is 15.3 Å². The van der Waals surface area contributed by atoms with E-state index in [1.54, 1.807) is 12.3 Å². The predicted octanol–water partition coefficient (Wildman–Crippen LogP) is 2.09. The van der Waals surface area contributed by atoms with Crippen molar-refractivity contribution in [2.24, 2.45) is 0 Å². The van der Waals surface area contributed by atoms with Gasteiger partial charge in [0.2, 0.25) is 11.4 Å². The quantitative estimate of drug-likeness (QED) is 0.895. The van der Waals surface area contributed by atoms with Gasteiger partial charge in [0.25, 0.3) is 0 Å². The van der Waals surface area contributed by atoms with Crippen LogP contribution in [-0.2, 0) is 19.4 Å². The highest BCUT2D eigenvalue weighted by molar-refractivity contribution is 5.26. The van der Waals surface area contributed by atoms with Crippen LogP contribution in [0.5, 0.6) is 0 Å². The Morgan fingerprint density at radius 3 is 3.20 bits per heavy atom. The number of H-pyrrole nitrogens is 1. The minimum atomic E-state index is -0.0234. The summed E-state index contributed by atoms with van der Waals surface area (Å²) in [4.78, 5) is 18.6. The highest BCUT2D eigenvalue weighted by Gasteiger charge is 2.20. The molecule has 0 radical (unpaired) electrons. The minimum Gasteiger partial charge on any atom is -0.444 e. The Labute approximate surface area is 117 Å². The maximum atomic E-state index is 11.4. The lowest BCUT2D eigenvalue weighted by atomic mass is 9.91. The van der Waals surface area contributed by atoms with Crippen molar-refractivity contribution in [3.8, 4) is 0 Å². The zero-order valence-electron chi connectivity index (χ0n) is 11.6. The zero-order chi connectivity index (χ0) is 13.9. The molecule has 2 aromatic heterocycles. The molecule has 5 nitrogen and oxygen atoms in total. The smallest absolute Gasteiger partial charge is 0.248 e. The first-order valence-corrected chi connectivity index (χ1v) is 7.15. The summed E-state index contributed by atoms with van der Waals surface area (Å²) in [5.41, 5.74) is 2.23. The number of fused-ring (bicyclic) bond motifs is 1. The molecule has 3 rings (SSSR count). The van der Waals surface area contributed by atoms with Crippen LogP contribution in [0.25, 0.3) is 0 Å². The predicted molar refractivity (Wildman–Crippen MR) is 75.5 cm³/mol. The molecule has 0 aliphatic heterocycles. The first-order valence-electron chi connectivity index (χ1n) is 7.15. The van der Waals surface area contributed by atoms with Crippen LogP contribution < -0.4 is 10.9 Å². The summed E-state index contributed by atoms with van der Waals surface area (Å²) in [6, 6.07) is 3.78. The van der Waals surface area contributed by atoms with Crippen molar-refractivity contribution in [3.05, 3.63) is 51.6 Å². The summed E-state index contributed by atoms with van der Waals surface area (Å²) >= 11 is 0. The third-order valence-corrected chi connectivity index (χ3v) is 3.78. The minimum absolute atomic E-state index is 0.0234. The van der Waals surface area contributed by atoms with Gasteiger partial charge >= 0.3 is 0 Å². The SMILES string of the molecule is CCc1cnc(CNC2CCCc3[nH]c(=O)ccc32)o1. The van der Waals surface area contributed by atoms with Gasteiger partial charge in [-0.15, -0.1) is 0 Å². The molecule has 1 atom stereocenters. The van der Waals surface area contributed by atoms with Gasteiger partial charge in [0.15, 0.2) is 0 Å². The molecule has 1 aliphatic rings. The van der Waals surface area contributed by atoms with Crippen LogP contribution in [-0.4, -0.2) is 9.97 Å². The van der Waals surface area contributed by atoms with Crippen molar-refractivity contribution < 1.29 is 4.42 Å². The van der Waals surface area contributed by atoms with Crippen molar-refractivity contribution in [3.63, 3.8) is 0 Å². The van der Waals surface area contributed by atoms with Crippen molar-refractivity contribution in [2.75, 3.05) is 0 Å². The molecule has 20 heavy (non-hydrogen) atoms. The summed E-state index contributed by atoms with van der Waals surface area (Å²) in [5, 5.41) is 3.47. The monoisotopic (exact) mass is 273 g/mol. The molecule has 2 heterocycles. The van der Waals surface area contributed by atoms with E-state index >= 15 is 0 Å². The second kappa shape index (κ2) is 5.63. The average Bonchev–Trinajstić information content (AvgIpc) is 2.92. The van der Waals surface area contributed by atoms with Crippen LogP contribution >= 0.6 is 0 Å². The molecular weight excluding hydrogens is 254 g/mol. The second-order valence-electron chi connectivity index (χ2n) is 5.16. The number of aryl methyl sites for hydroxylation is 2. The fraction of sp³-hybridized carbons (Fsp3) is 0.467. The summed E-state index contributed by atoms with van der Waals surface area (Å²) in [5.74, 6) is 1.63. The van der Waals surface area contributed by atoms with E-state index < -0.39 is 0 Å². The van der Waals surface area contributed by atoms with Gasteiger partial charge in [0, 0.05) is 24.2 Å². The highest BCUT2D eigenvalue weighted by Crippen LogP contribution is 2.27. The van der Waals surface area contributed by atoms with Crippen molar-refractivity contribution in [2.45, 2.75) is 45.2 Å². The van der Waals surface area contributed by atoms with Crippen LogP contribution in [0.1, 0.15) is 48.7 Å². The third-order valence-electron chi connectivity index (χ3n) is 3.78. The van der Waals surface area contributed by atoms with E-state index in [0.29, 0.717) is 6.54 Å². The molecule has 2 aromatic rings. The van der Waals surface area contributed by atoms with E-state index in [4.69, 9.17) is 4.42 Å². The average molecular weight is 273 g/mol. The molecule has 0 spiro atoms. The van der Waals surface area contributed by atoms with Gasteiger partial charge in [-0.1, -0.05) is 13.0 Å². The van der Waals surface area contributed by atoms with Crippen molar-refractivity contribution >= 4 is 0 Å². The van der Waals surface area contributed by atoms with E-state index in [-0.39, 0.29) is 11.6 Å². The molecule has 0 aromatic carbocycles. The van der Waals surface area contributed by atoms with Gasteiger partial charge in [0.1, 0.15) is 5.76 Å². The molecule has 0 fully saturated rings. The zero-order valence-corrected chi connectivity index (χ0v) is 11.6. The highest BCUT2D eigenvalue weighted by atomic mass is 16.4. The Kier molecular flexibility index (Phi) is 3.69. The molecule has 5 heteroatoms. The lowest BCUT2D eigenvalue weighted by molar-refractivity contribution is 0.394. The Morgan fingerprint density at radius 1 is 1.50 bits per heavy atom. The van der Waals surface area contributed by atoms with Crippen LogP contribution in [0, 0.1) is 0 Å². The molecule has 1 unspecified atom stereocenters. The van der Waals surface area contributed by atoms with E-state index in [1.807, 2.05) is 13.0 Å². The Hall–Kier alpha value is -1.88. The van der Waals surface area contributed by atoms with Gasteiger partial charge in [-0.25, -0.2) is 4.98 Å². The van der Waals surface area contributed by atoms with Crippen LogP contribution in [0.2, 0.25) is 0 Å². The van der Waals surface area contributed by atoms with Crippen LogP contribution in [0.15, 0.2) is 27.5 Å². The first-order chi connectivity index (χ1) is 9.76. The van der Waals surface area contributed by atoms with Gasteiger partial charge in [0.05, 0.1) is 12.7 Å². The molecule has 0 saturated carbocycles. The fourth-order valence-corrected chi connectivity index (χ4v) is 2.72. The molecule has 0 saturated heterocycles. The number of aromatic nitrogens is 2. The Morgan fingerprint density at radius 2 is 2.40 bits per heavy atom. The number of nitrogens with zero attached hydrogens (tertiary/aromatic N) is 1. The lowest BCUT2D eigenvalue weighted by Gasteiger charge is -2.25. The van der Waals surface area contributed by atoms with E-state index in [2.05, 4.69) is 15.3 Å². The van der Waals surface area contributed by atoms with Crippen LogP contribution in [0.4, 0.5) is 0 Å². The van der Waals surface area contributed by atoms with Gasteiger partial charge in [-0.2, -0.15) is 0 Å². The van der Waals surface area contributed by atoms with Gasteiger partial charge < -0.3 is 14.7 Å². The molecule has 2 N–H and O–H groups in total. The summed E-state index contributed by atoms with van der Waals surface area (Å²) in [6.45, 7) is 2.66. The third kappa shape index (κ3) is 2.67. The van der Waals surface area contributed by atoms with Crippen molar-refractivity contribution in [1.29, 1.82) is 0 Å². The maximum absolute atomic E-state index is 11.4. The molecule has 1 aliphatic carbocycles. The standard InChI is InChI=1S/C15H19N3O2/c1-2-10-8-17-15(20-10)9-16-12-4-3-5-13-11(12)6-7-14(19)18-13/h6-8,12,16H,2-5,9H2,1H3,(H,18,19). The number of rotatable bonds is 4. The normalized spacial score (nSPS) is 17.9. The van der Waals surface area contributed by atoms with Gasteiger partial charge in [-0.3, -0.25) is 4.79 Å². The van der Waals surface area contributed by atoms with E-state index in [1.165, 1.54) is 5.56 Å². The largest absolute Gasteiger partial charge is 0.444 e. The number of oxazole rings is 1. The summed E-state index contributed by atoms with van der Waals surface area (Å²) < 4.78 is 5.60. The summed E-state index contributed by atoms with van der Waals surface area (Å²) in [6.07, 6.45) is 5.74. The Bertz CT molecular complexity index is 645. The molecule has 0 bridgehead atoms. The number of pyridine rings is 1. The fourth-order valence-electron chi connectivity index (χ4n) is 2.72.